The van der Waals surface area contributed by atoms with Crippen LogP contribution in [-0.2, 0) is 0 Å². The monoisotopic (exact) mass is 499 g/mol. The molecule has 31 heavy (non-hydrogen) atoms. The predicted octanol–water partition coefficient (Wildman–Crippen LogP) is 4.51. The number of anilines is 1. The number of benzene rings is 3. The van der Waals surface area contributed by atoms with Gasteiger partial charge in [-0.3, -0.25) is 14.4 Å². The lowest BCUT2D eigenvalue weighted by Gasteiger charge is -2.09. The SMILES string of the molecule is O=C(NCCNC(=O)c1ccc(NC(=O)c2cc(Br)ccc2Cl)cc1)c1ccccc1. The van der Waals surface area contributed by atoms with Crippen molar-refractivity contribution in [3.05, 3.63) is 99.0 Å². The number of hydrogen-bond acceptors (Lipinski definition) is 3. The molecule has 0 aliphatic rings. The van der Waals surface area contributed by atoms with E-state index < -0.39 is 0 Å². The van der Waals surface area contributed by atoms with Gasteiger partial charge in [0.2, 0.25) is 0 Å². The lowest BCUT2D eigenvalue weighted by molar-refractivity contribution is 0.0927. The Labute approximate surface area is 193 Å². The smallest absolute Gasteiger partial charge is 0.257 e. The molecule has 0 bridgehead atoms. The van der Waals surface area contributed by atoms with E-state index in [0.717, 1.165) is 4.47 Å². The highest BCUT2D eigenvalue weighted by Crippen LogP contribution is 2.22. The van der Waals surface area contributed by atoms with Gasteiger partial charge in [-0.25, -0.2) is 0 Å². The molecule has 0 unspecified atom stereocenters. The number of nitrogens with one attached hydrogen (secondary N) is 3. The molecule has 0 atom stereocenters. The van der Waals surface area contributed by atoms with Crippen molar-refractivity contribution in [1.29, 1.82) is 0 Å². The van der Waals surface area contributed by atoms with E-state index in [4.69, 9.17) is 11.6 Å². The van der Waals surface area contributed by atoms with Gasteiger partial charge in [0.1, 0.15) is 0 Å². The number of carbonyl (C=O) groups is 3. The van der Waals surface area contributed by atoms with E-state index >= 15 is 0 Å². The summed E-state index contributed by atoms with van der Waals surface area (Å²) < 4.78 is 0.744. The molecule has 6 nitrogen and oxygen atoms in total. The van der Waals surface area contributed by atoms with Gasteiger partial charge >= 0.3 is 0 Å². The van der Waals surface area contributed by atoms with Crippen LogP contribution in [0.1, 0.15) is 31.1 Å². The van der Waals surface area contributed by atoms with E-state index in [1.54, 1.807) is 66.7 Å². The van der Waals surface area contributed by atoms with Gasteiger partial charge in [0.05, 0.1) is 10.6 Å². The van der Waals surface area contributed by atoms with Crippen LogP contribution < -0.4 is 16.0 Å². The van der Waals surface area contributed by atoms with E-state index in [2.05, 4.69) is 31.9 Å². The highest BCUT2D eigenvalue weighted by molar-refractivity contribution is 9.10. The molecule has 3 N–H and O–H groups in total. The number of amides is 3. The quantitative estimate of drug-likeness (QED) is 0.417. The molecule has 158 valence electrons. The molecule has 0 heterocycles. The standard InChI is InChI=1S/C23H19BrClN3O3/c24-17-8-11-20(25)19(14-17)23(31)28-18-9-6-16(7-10-18)22(30)27-13-12-26-21(29)15-4-2-1-3-5-15/h1-11,14H,12-13H2,(H,26,29)(H,27,30)(H,28,31). The summed E-state index contributed by atoms with van der Waals surface area (Å²) in [5.74, 6) is -0.819. The summed E-state index contributed by atoms with van der Waals surface area (Å²) in [6.07, 6.45) is 0. The van der Waals surface area contributed by atoms with Gasteiger partial charge in [0.15, 0.2) is 0 Å². The average Bonchev–Trinajstić information content (AvgIpc) is 2.79. The minimum Gasteiger partial charge on any atom is -0.350 e. The molecule has 0 saturated carbocycles. The highest BCUT2D eigenvalue weighted by Gasteiger charge is 2.12. The summed E-state index contributed by atoms with van der Waals surface area (Å²) in [5, 5.41) is 8.58. The number of rotatable bonds is 7. The first-order valence-corrected chi connectivity index (χ1v) is 10.6. The summed E-state index contributed by atoms with van der Waals surface area (Å²) in [4.78, 5) is 36.6. The third-order valence-electron chi connectivity index (χ3n) is 4.31. The van der Waals surface area contributed by atoms with E-state index in [9.17, 15) is 14.4 Å². The summed E-state index contributed by atoms with van der Waals surface area (Å²) in [6, 6.07) is 20.4. The molecule has 0 aliphatic heterocycles. The molecule has 0 fully saturated rings. The maximum Gasteiger partial charge on any atom is 0.257 e. The Morgan fingerprint density at radius 3 is 1.94 bits per heavy atom. The van der Waals surface area contributed by atoms with Crippen LogP contribution in [0, 0.1) is 0 Å². The molecular weight excluding hydrogens is 482 g/mol. The second kappa shape index (κ2) is 10.7. The summed E-state index contributed by atoms with van der Waals surface area (Å²) >= 11 is 9.39. The zero-order valence-corrected chi connectivity index (χ0v) is 18.7. The Hall–Kier alpha value is -3.16. The Bertz CT molecular complexity index is 1090. The summed E-state index contributed by atoms with van der Waals surface area (Å²) in [7, 11) is 0. The second-order valence-corrected chi connectivity index (χ2v) is 7.86. The molecule has 0 aliphatic carbocycles. The maximum absolute atomic E-state index is 12.4. The normalized spacial score (nSPS) is 10.3. The zero-order valence-electron chi connectivity index (χ0n) is 16.3. The fourth-order valence-corrected chi connectivity index (χ4v) is 3.29. The molecule has 3 aromatic rings. The van der Waals surface area contributed by atoms with Crippen molar-refractivity contribution in [2.75, 3.05) is 18.4 Å². The van der Waals surface area contributed by atoms with E-state index in [0.29, 0.717) is 33.9 Å². The summed E-state index contributed by atoms with van der Waals surface area (Å²) in [5.41, 5.74) is 1.88. The lowest BCUT2D eigenvalue weighted by Crippen LogP contribution is -2.34. The van der Waals surface area contributed by atoms with Crippen molar-refractivity contribution in [2.45, 2.75) is 0 Å². The lowest BCUT2D eigenvalue weighted by atomic mass is 10.1. The first kappa shape index (κ1) is 22.5. The van der Waals surface area contributed by atoms with Gasteiger partial charge in [-0.15, -0.1) is 0 Å². The van der Waals surface area contributed by atoms with E-state index in [-0.39, 0.29) is 24.3 Å². The van der Waals surface area contributed by atoms with E-state index in [1.165, 1.54) is 0 Å². The van der Waals surface area contributed by atoms with Crippen molar-refractivity contribution in [3.63, 3.8) is 0 Å². The molecule has 0 spiro atoms. The van der Waals surface area contributed by atoms with Crippen molar-refractivity contribution in [3.8, 4) is 0 Å². The first-order chi connectivity index (χ1) is 14.9. The van der Waals surface area contributed by atoms with Gasteiger partial charge < -0.3 is 16.0 Å². The largest absolute Gasteiger partial charge is 0.350 e. The van der Waals surface area contributed by atoms with Crippen molar-refractivity contribution in [1.82, 2.24) is 10.6 Å². The van der Waals surface area contributed by atoms with Gasteiger partial charge in [0.25, 0.3) is 17.7 Å². The van der Waals surface area contributed by atoms with Crippen LogP contribution in [0.2, 0.25) is 5.02 Å². The first-order valence-electron chi connectivity index (χ1n) is 9.42. The minimum absolute atomic E-state index is 0.194. The summed E-state index contributed by atoms with van der Waals surface area (Å²) in [6.45, 7) is 0.596. The van der Waals surface area contributed by atoms with Crippen LogP contribution >= 0.6 is 27.5 Å². The van der Waals surface area contributed by atoms with Gasteiger partial charge in [0, 0.05) is 34.4 Å². The third kappa shape index (κ3) is 6.41. The topological polar surface area (TPSA) is 87.3 Å². The van der Waals surface area contributed by atoms with Gasteiger partial charge in [-0.05, 0) is 54.6 Å². The molecule has 0 saturated heterocycles. The van der Waals surface area contributed by atoms with Crippen LogP contribution in [-0.4, -0.2) is 30.8 Å². The number of carbonyl (C=O) groups excluding carboxylic acids is 3. The highest BCUT2D eigenvalue weighted by atomic mass is 79.9. The van der Waals surface area contributed by atoms with E-state index in [1.807, 2.05) is 6.07 Å². The molecule has 0 aromatic heterocycles. The Morgan fingerprint density at radius 2 is 1.32 bits per heavy atom. The maximum atomic E-state index is 12.4. The Balaban J connectivity index is 1.48. The Morgan fingerprint density at radius 1 is 0.742 bits per heavy atom. The predicted molar refractivity (Wildman–Crippen MR) is 125 cm³/mol. The molecule has 8 heteroatoms. The van der Waals surface area contributed by atoms with Crippen molar-refractivity contribution >= 4 is 50.9 Å². The fraction of sp³-hybridized carbons (Fsp3) is 0.0870. The van der Waals surface area contributed by atoms with Crippen LogP contribution in [0.15, 0.2) is 77.3 Å². The second-order valence-electron chi connectivity index (χ2n) is 6.53. The van der Waals surface area contributed by atoms with Gasteiger partial charge in [-0.2, -0.15) is 0 Å². The van der Waals surface area contributed by atoms with Crippen molar-refractivity contribution in [2.24, 2.45) is 0 Å². The molecular formula is C23H19BrClN3O3. The number of hydrogen-bond donors (Lipinski definition) is 3. The van der Waals surface area contributed by atoms with Crippen LogP contribution in [0.3, 0.4) is 0 Å². The number of halogens is 2. The molecule has 3 amide bonds. The average molecular weight is 501 g/mol. The fourth-order valence-electron chi connectivity index (χ4n) is 2.72. The molecule has 3 rings (SSSR count). The zero-order chi connectivity index (χ0) is 22.2. The third-order valence-corrected chi connectivity index (χ3v) is 5.13. The van der Waals surface area contributed by atoms with Crippen LogP contribution in [0.5, 0.6) is 0 Å². The molecule has 3 aromatic carbocycles. The van der Waals surface area contributed by atoms with Gasteiger partial charge in [-0.1, -0.05) is 45.7 Å². The van der Waals surface area contributed by atoms with Crippen molar-refractivity contribution < 1.29 is 14.4 Å². The molecule has 0 radical (unpaired) electrons. The van der Waals surface area contributed by atoms with Crippen LogP contribution in [0.4, 0.5) is 5.69 Å². The Kier molecular flexibility index (Phi) is 7.81. The minimum atomic E-state index is -0.349. The van der Waals surface area contributed by atoms with Crippen LogP contribution in [0.25, 0.3) is 0 Å².